The Bertz CT molecular complexity index is 430. The number of carbonyl (C=O) groups excluding carboxylic acids is 1. The van der Waals surface area contributed by atoms with Gasteiger partial charge < -0.3 is 15.8 Å². The van der Waals surface area contributed by atoms with Crippen molar-refractivity contribution in [2.24, 2.45) is 5.73 Å². The summed E-state index contributed by atoms with van der Waals surface area (Å²) in [5.74, 6) is 1.17. The lowest BCUT2D eigenvalue weighted by molar-refractivity contribution is -0.119. The third-order valence-corrected chi connectivity index (χ3v) is 3.25. The van der Waals surface area contributed by atoms with Crippen molar-refractivity contribution < 1.29 is 9.53 Å². The number of methoxy groups -OCH3 is 1. The van der Waals surface area contributed by atoms with E-state index in [1.54, 1.807) is 7.11 Å². The maximum atomic E-state index is 10.9. The highest BCUT2D eigenvalue weighted by Crippen LogP contribution is 2.17. The molecule has 0 unspecified atom stereocenters. The first-order valence-electron chi connectivity index (χ1n) is 6.45. The Labute approximate surface area is 112 Å². The minimum Gasteiger partial charge on any atom is -0.481 e. The van der Waals surface area contributed by atoms with Gasteiger partial charge in [-0.3, -0.25) is 9.69 Å². The zero-order valence-electron chi connectivity index (χ0n) is 11.1. The quantitative estimate of drug-likeness (QED) is 0.807. The number of anilines is 1. The molecule has 2 rings (SSSR count). The minimum atomic E-state index is -0.263. The highest BCUT2D eigenvalue weighted by Gasteiger charge is 2.20. The molecule has 19 heavy (non-hydrogen) atoms. The third kappa shape index (κ3) is 4.10. The van der Waals surface area contributed by atoms with Crippen LogP contribution in [0.5, 0.6) is 5.88 Å². The van der Waals surface area contributed by atoms with Crippen molar-refractivity contribution in [3.8, 4) is 5.88 Å². The van der Waals surface area contributed by atoms with Crippen LogP contribution in [-0.2, 0) is 4.79 Å². The standard InChI is InChI=1S/C13H20N4O2/c1-19-13-4-2-3-12(16-13)15-10-5-7-17(8-6-10)9-11(14)18/h2-4,10H,5-9H2,1H3,(H2,14,18)(H,15,16). The Morgan fingerprint density at radius 2 is 2.26 bits per heavy atom. The molecule has 0 bridgehead atoms. The Balaban J connectivity index is 1.83. The molecule has 6 nitrogen and oxygen atoms in total. The Hall–Kier alpha value is -1.82. The number of primary amides is 1. The maximum absolute atomic E-state index is 10.9. The van der Waals surface area contributed by atoms with E-state index in [1.807, 2.05) is 18.2 Å². The zero-order valence-corrected chi connectivity index (χ0v) is 11.1. The van der Waals surface area contributed by atoms with Crippen LogP contribution in [0, 0.1) is 0 Å². The molecular weight excluding hydrogens is 244 g/mol. The van der Waals surface area contributed by atoms with Gasteiger partial charge in [0.2, 0.25) is 11.8 Å². The Morgan fingerprint density at radius 3 is 2.89 bits per heavy atom. The average molecular weight is 264 g/mol. The summed E-state index contributed by atoms with van der Waals surface area (Å²) >= 11 is 0. The fourth-order valence-corrected chi connectivity index (χ4v) is 2.27. The molecule has 1 aliphatic rings. The average Bonchev–Trinajstić information content (AvgIpc) is 2.41. The lowest BCUT2D eigenvalue weighted by Gasteiger charge is -2.31. The number of pyridine rings is 1. The molecule has 0 atom stereocenters. The number of ether oxygens (including phenoxy) is 1. The molecule has 1 aliphatic heterocycles. The van der Waals surface area contributed by atoms with Gasteiger partial charge in [-0.15, -0.1) is 0 Å². The molecule has 104 valence electrons. The van der Waals surface area contributed by atoms with Gasteiger partial charge in [-0.05, 0) is 18.9 Å². The van der Waals surface area contributed by atoms with E-state index in [4.69, 9.17) is 10.5 Å². The lowest BCUT2D eigenvalue weighted by atomic mass is 10.1. The summed E-state index contributed by atoms with van der Waals surface area (Å²) in [6.07, 6.45) is 1.96. The molecule has 1 aromatic heterocycles. The fourth-order valence-electron chi connectivity index (χ4n) is 2.27. The maximum Gasteiger partial charge on any atom is 0.231 e. The normalized spacial score (nSPS) is 17.1. The van der Waals surface area contributed by atoms with Gasteiger partial charge >= 0.3 is 0 Å². The number of nitrogens with one attached hydrogen (secondary N) is 1. The second kappa shape index (κ2) is 6.38. The summed E-state index contributed by atoms with van der Waals surface area (Å²) in [5, 5.41) is 3.40. The fraction of sp³-hybridized carbons (Fsp3) is 0.538. The van der Waals surface area contributed by atoms with Crippen LogP contribution in [0.25, 0.3) is 0 Å². The van der Waals surface area contributed by atoms with Gasteiger partial charge in [0.25, 0.3) is 0 Å². The number of nitrogens with zero attached hydrogens (tertiary/aromatic N) is 2. The van der Waals surface area contributed by atoms with E-state index in [2.05, 4.69) is 15.2 Å². The number of rotatable bonds is 5. The van der Waals surface area contributed by atoms with Crippen molar-refractivity contribution in [1.29, 1.82) is 0 Å². The van der Waals surface area contributed by atoms with Crippen LogP contribution in [0.1, 0.15) is 12.8 Å². The van der Waals surface area contributed by atoms with Gasteiger partial charge in [0, 0.05) is 25.2 Å². The van der Waals surface area contributed by atoms with Crippen molar-refractivity contribution in [2.75, 3.05) is 32.1 Å². The number of hydrogen-bond acceptors (Lipinski definition) is 5. The molecule has 0 saturated carbocycles. The lowest BCUT2D eigenvalue weighted by Crippen LogP contribution is -2.43. The number of likely N-dealkylation sites (tertiary alicyclic amines) is 1. The van der Waals surface area contributed by atoms with Crippen LogP contribution in [0.4, 0.5) is 5.82 Å². The molecule has 0 aliphatic carbocycles. The number of carbonyl (C=O) groups is 1. The van der Waals surface area contributed by atoms with E-state index >= 15 is 0 Å². The van der Waals surface area contributed by atoms with Crippen LogP contribution in [0.2, 0.25) is 0 Å². The molecule has 1 saturated heterocycles. The molecule has 1 fully saturated rings. The molecule has 2 heterocycles. The van der Waals surface area contributed by atoms with Gasteiger partial charge in [-0.2, -0.15) is 4.98 Å². The summed E-state index contributed by atoms with van der Waals surface area (Å²) in [6.45, 7) is 2.11. The van der Waals surface area contributed by atoms with Gasteiger partial charge in [0.05, 0.1) is 13.7 Å². The topological polar surface area (TPSA) is 80.5 Å². The van der Waals surface area contributed by atoms with Gasteiger partial charge in [0.1, 0.15) is 5.82 Å². The predicted octanol–water partition coefficient (Wildman–Crippen LogP) is 0.452. The van der Waals surface area contributed by atoms with Gasteiger partial charge in [-0.25, -0.2) is 0 Å². The number of piperidine rings is 1. The van der Waals surface area contributed by atoms with Crippen LogP contribution < -0.4 is 15.8 Å². The van der Waals surface area contributed by atoms with Crippen LogP contribution in [-0.4, -0.2) is 48.6 Å². The van der Waals surface area contributed by atoms with Crippen LogP contribution >= 0.6 is 0 Å². The molecular formula is C13H20N4O2. The summed E-state index contributed by atoms with van der Waals surface area (Å²) in [6, 6.07) is 6.04. The van der Waals surface area contributed by atoms with E-state index in [9.17, 15) is 4.79 Å². The van der Waals surface area contributed by atoms with E-state index in [1.165, 1.54) is 0 Å². The second-order valence-corrected chi connectivity index (χ2v) is 4.73. The molecule has 1 aromatic rings. The Kier molecular flexibility index (Phi) is 4.57. The second-order valence-electron chi connectivity index (χ2n) is 4.73. The van der Waals surface area contributed by atoms with Gasteiger partial charge in [-0.1, -0.05) is 6.07 Å². The number of aromatic nitrogens is 1. The third-order valence-electron chi connectivity index (χ3n) is 3.25. The van der Waals surface area contributed by atoms with E-state index < -0.39 is 0 Å². The molecule has 0 aromatic carbocycles. The minimum absolute atomic E-state index is 0.263. The monoisotopic (exact) mass is 264 g/mol. The highest BCUT2D eigenvalue weighted by molar-refractivity contribution is 5.75. The number of nitrogens with two attached hydrogens (primary N) is 1. The van der Waals surface area contributed by atoms with Crippen molar-refractivity contribution in [1.82, 2.24) is 9.88 Å². The molecule has 1 amide bonds. The van der Waals surface area contributed by atoms with Crippen molar-refractivity contribution in [3.63, 3.8) is 0 Å². The van der Waals surface area contributed by atoms with Crippen LogP contribution in [0.15, 0.2) is 18.2 Å². The molecule has 0 spiro atoms. The molecule has 0 radical (unpaired) electrons. The first-order valence-corrected chi connectivity index (χ1v) is 6.45. The zero-order chi connectivity index (χ0) is 13.7. The summed E-state index contributed by atoms with van der Waals surface area (Å²) < 4.78 is 5.09. The van der Waals surface area contributed by atoms with Crippen molar-refractivity contribution in [2.45, 2.75) is 18.9 Å². The smallest absolute Gasteiger partial charge is 0.231 e. The van der Waals surface area contributed by atoms with E-state index in [-0.39, 0.29) is 5.91 Å². The predicted molar refractivity (Wildman–Crippen MR) is 73.1 cm³/mol. The van der Waals surface area contributed by atoms with Crippen molar-refractivity contribution in [3.05, 3.63) is 18.2 Å². The summed E-state index contributed by atoms with van der Waals surface area (Å²) in [5.41, 5.74) is 5.19. The first-order chi connectivity index (χ1) is 9.17. The highest BCUT2D eigenvalue weighted by atomic mass is 16.5. The van der Waals surface area contributed by atoms with Gasteiger partial charge in [0.15, 0.2) is 0 Å². The van der Waals surface area contributed by atoms with E-state index in [0.29, 0.717) is 18.5 Å². The number of amides is 1. The summed E-state index contributed by atoms with van der Waals surface area (Å²) in [4.78, 5) is 17.3. The summed E-state index contributed by atoms with van der Waals surface area (Å²) in [7, 11) is 1.61. The molecule has 3 N–H and O–H groups in total. The SMILES string of the molecule is COc1cccc(NC2CCN(CC(N)=O)CC2)n1. The van der Waals surface area contributed by atoms with E-state index in [0.717, 1.165) is 31.7 Å². The Morgan fingerprint density at radius 1 is 1.53 bits per heavy atom. The molecule has 6 heteroatoms. The van der Waals surface area contributed by atoms with Crippen LogP contribution in [0.3, 0.4) is 0 Å². The largest absolute Gasteiger partial charge is 0.481 e. The van der Waals surface area contributed by atoms with Crippen molar-refractivity contribution >= 4 is 11.7 Å². The number of hydrogen-bond donors (Lipinski definition) is 2. The first kappa shape index (κ1) is 13.6.